The normalized spacial score (nSPS) is 13.2. The van der Waals surface area contributed by atoms with Gasteiger partial charge in [0.2, 0.25) is 0 Å². The van der Waals surface area contributed by atoms with Crippen molar-refractivity contribution in [3.63, 3.8) is 0 Å². The fourth-order valence-electron chi connectivity index (χ4n) is 1.40. The number of hydrazone groups is 1. The Hall–Kier alpha value is -2.11. The number of hydrogen-bond acceptors (Lipinski definition) is 2. The van der Waals surface area contributed by atoms with Crippen LogP contribution in [0.1, 0.15) is 24.9 Å². The first-order valence-corrected chi connectivity index (χ1v) is 4.93. The summed E-state index contributed by atoms with van der Waals surface area (Å²) in [6, 6.07) is 9.51. The van der Waals surface area contributed by atoms with Crippen LogP contribution in [0, 0.1) is 10.1 Å². The second kappa shape index (κ2) is 5.69. The van der Waals surface area contributed by atoms with Gasteiger partial charge in [0.05, 0.1) is 6.04 Å². The second-order valence-corrected chi connectivity index (χ2v) is 3.24. The van der Waals surface area contributed by atoms with E-state index in [1.807, 2.05) is 37.3 Å². The van der Waals surface area contributed by atoms with E-state index in [9.17, 15) is 10.1 Å². The van der Waals surface area contributed by atoms with E-state index in [-0.39, 0.29) is 12.0 Å². The average molecular weight is 222 g/mol. The zero-order valence-corrected chi connectivity index (χ0v) is 8.96. The first-order valence-electron chi connectivity index (χ1n) is 4.93. The van der Waals surface area contributed by atoms with Gasteiger partial charge in [-0.15, -0.1) is 0 Å². The van der Waals surface area contributed by atoms with Crippen molar-refractivity contribution < 1.29 is 5.03 Å². The van der Waals surface area contributed by atoms with Crippen LogP contribution in [0.3, 0.4) is 0 Å². The Morgan fingerprint density at radius 2 is 2.19 bits per heavy atom. The van der Waals surface area contributed by atoms with E-state index in [1.165, 1.54) is 0 Å². The topological polar surface area (TPSA) is 93.5 Å². The van der Waals surface area contributed by atoms with Crippen LogP contribution in [0.15, 0.2) is 35.4 Å². The molecule has 6 nitrogen and oxygen atoms in total. The number of nitrogens with one attached hydrogen (secondary N) is 1. The van der Waals surface area contributed by atoms with Crippen LogP contribution in [0.25, 0.3) is 0 Å². The quantitative estimate of drug-likeness (QED) is 0.347. The number of nitrogens with zero attached hydrogens (tertiary/aromatic N) is 2. The Balaban J connectivity index is 2.74. The standard InChI is InChI=1S/C10H14N4O2/c1-2-9(8-6-4-3-5-7-8)12-10(11)13-14(15)16/h3-7,9H,2H2,1H3,(H3,11,12,13)/t9-/m0/s1. The molecule has 0 radical (unpaired) electrons. The Kier molecular flexibility index (Phi) is 4.26. The van der Waals surface area contributed by atoms with E-state index in [0.29, 0.717) is 0 Å². The fourth-order valence-corrected chi connectivity index (χ4v) is 1.40. The molecular weight excluding hydrogens is 208 g/mol. The molecule has 1 rings (SSSR count). The lowest BCUT2D eigenvalue weighted by atomic mass is 10.1. The molecule has 0 saturated carbocycles. The van der Waals surface area contributed by atoms with Crippen LogP contribution in [-0.4, -0.2) is 11.0 Å². The van der Waals surface area contributed by atoms with Crippen LogP contribution in [-0.2, 0) is 0 Å². The van der Waals surface area contributed by atoms with Crippen molar-refractivity contribution in [2.45, 2.75) is 19.4 Å². The monoisotopic (exact) mass is 222 g/mol. The molecule has 0 aliphatic rings. The summed E-state index contributed by atoms with van der Waals surface area (Å²) in [5, 5.41) is 15.1. The molecule has 0 spiro atoms. The summed E-state index contributed by atoms with van der Waals surface area (Å²) in [4.78, 5) is 10.1. The summed E-state index contributed by atoms with van der Waals surface area (Å²) in [5.74, 6) is -0.180. The van der Waals surface area contributed by atoms with Gasteiger partial charge in [-0.2, -0.15) is 0 Å². The first-order chi connectivity index (χ1) is 7.63. The molecule has 0 saturated heterocycles. The van der Waals surface area contributed by atoms with Gasteiger partial charge in [-0.1, -0.05) is 37.3 Å². The van der Waals surface area contributed by atoms with E-state index >= 15 is 0 Å². The van der Waals surface area contributed by atoms with Crippen molar-refractivity contribution in [2.75, 3.05) is 0 Å². The number of rotatable bonds is 4. The minimum atomic E-state index is -0.819. The van der Waals surface area contributed by atoms with E-state index in [0.717, 1.165) is 12.0 Å². The molecule has 0 bridgehead atoms. The molecular formula is C10H14N4O2. The highest BCUT2D eigenvalue weighted by atomic mass is 16.7. The molecule has 3 N–H and O–H groups in total. The van der Waals surface area contributed by atoms with Crippen molar-refractivity contribution in [2.24, 2.45) is 10.8 Å². The minimum Gasteiger partial charge on any atom is -0.365 e. The highest BCUT2D eigenvalue weighted by Gasteiger charge is 2.10. The Morgan fingerprint density at radius 3 is 2.69 bits per heavy atom. The molecule has 0 fully saturated rings. The van der Waals surface area contributed by atoms with Crippen LogP contribution < -0.4 is 11.1 Å². The summed E-state index contributed by atoms with van der Waals surface area (Å²) in [7, 11) is 0. The summed E-state index contributed by atoms with van der Waals surface area (Å²) in [6.45, 7) is 1.96. The Morgan fingerprint density at radius 1 is 1.56 bits per heavy atom. The third-order valence-electron chi connectivity index (χ3n) is 2.12. The van der Waals surface area contributed by atoms with Crippen molar-refractivity contribution in [3.05, 3.63) is 46.0 Å². The summed E-state index contributed by atoms with van der Waals surface area (Å²) >= 11 is 0. The Bertz CT molecular complexity index is 378. The van der Waals surface area contributed by atoms with Crippen molar-refractivity contribution in [3.8, 4) is 0 Å². The lowest BCUT2D eigenvalue weighted by Gasteiger charge is -2.16. The first kappa shape index (κ1) is 12.0. The van der Waals surface area contributed by atoms with Gasteiger partial charge < -0.3 is 11.1 Å². The van der Waals surface area contributed by atoms with Crippen LogP contribution >= 0.6 is 0 Å². The predicted octanol–water partition coefficient (Wildman–Crippen LogP) is 1.23. The third-order valence-corrected chi connectivity index (χ3v) is 2.12. The lowest BCUT2D eigenvalue weighted by Crippen LogP contribution is -2.35. The smallest absolute Gasteiger partial charge is 0.266 e. The summed E-state index contributed by atoms with van der Waals surface area (Å²) in [6.07, 6.45) is 0.762. The maximum atomic E-state index is 10.1. The Labute approximate surface area is 93.3 Å². The zero-order valence-electron chi connectivity index (χ0n) is 8.96. The van der Waals surface area contributed by atoms with Crippen LogP contribution in [0.5, 0.6) is 0 Å². The second-order valence-electron chi connectivity index (χ2n) is 3.24. The number of hydrogen-bond donors (Lipinski definition) is 2. The van der Waals surface area contributed by atoms with E-state index in [4.69, 9.17) is 5.73 Å². The van der Waals surface area contributed by atoms with Crippen molar-refractivity contribution >= 4 is 5.96 Å². The van der Waals surface area contributed by atoms with E-state index in [2.05, 4.69) is 10.4 Å². The SMILES string of the molecule is CC[C@H](N/C(N)=N/[N+](=O)[O-])c1ccccc1. The maximum absolute atomic E-state index is 10.1. The zero-order chi connectivity index (χ0) is 12.0. The predicted molar refractivity (Wildman–Crippen MR) is 61.2 cm³/mol. The van der Waals surface area contributed by atoms with Gasteiger partial charge >= 0.3 is 0 Å². The molecule has 1 aromatic rings. The molecule has 1 aromatic carbocycles. The molecule has 6 heteroatoms. The van der Waals surface area contributed by atoms with Gasteiger partial charge in [0.25, 0.3) is 5.96 Å². The van der Waals surface area contributed by atoms with E-state index < -0.39 is 5.03 Å². The average Bonchev–Trinajstić information content (AvgIpc) is 2.26. The minimum absolute atomic E-state index is 0.0649. The van der Waals surface area contributed by atoms with Crippen LogP contribution in [0.2, 0.25) is 0 Å². The number of nitrogens with two attached hydrogens (primary N) is 1. The molecule has 0 aliphatic heterocycles. The number of guanidine groups is 1. The van der Waals surface area contributed by atoms with Gasteiger partial charge in [0.15, 0.2) is 5.03 Å². The molecule has 86 valence electrons. The largest absolute Gasteiger partial charge is 0.365 e. The van der Waals surface area contributed by atoms with Crippen LogP contribution in [0.4, 0.5) is 0 Å². The maximum Gasteiger partial charge on any atom is 0.266 e. The van der Waals surface area contributed by atoms with Crippen molar-refractivity contribution in [1.29, 1.82) is 0 Å². The molecule has 0 aromatic heterocycles. The fraction of sp³-hybridized carbons (Fsp3) is 0.300. The number of nitro groups is 1. The van der Waals surface area contributed by atoms with E-state index in [1.54, 1.807) is 0 Å². The summed E-state index contributed by atoms with van der Waals surface area (Å²) in [5.41, 5.74) is 6.41. The van der Waals surface area contributed by atoms with Gasteiger partial charge in [0.1, 0.15) is 5.10 Å². The molecule has 16 heavy (non-hydrogen) atoms. The molecule has 0 unspecified atom stereocenters. The third kappa shape index (κ3) is 3.56. The molecule has 1 atom stereocenters. The lowest BCUT2D eigenvalue weighted by molar-refractivity contribution is -0.485. The van der Waals surface area contributed by atoms with Crippen molar-refractivity contribution in [1.82, 2.24) is 5.32 Å². The molecule has 0 amide bonds. The highest BCUT2D eigenvalue weighted by molar-refractivity contribution is 5.77. The molecule has 0 heterocycles. The van der Waals surface area contributed by atoms with Gasteiger partial charge in [0, 0.05) is 0 Å². The number of benzene rings is 1. The summed E-state index contributed by atoms with van der Waals surface area (Å²) < 4.78 is 0. The molecule has 0 aliphatic carbocycles. The highest BCUT2D eigenvalue weighted by Crippen LogP contribution is 2.15. The van der Waals surface area contributed by atoms with Gasteiger partial charge in [-0.25, -0.2) is 10.1 Å². The van der Waals surface area contributed by atoms with Gasteiger partial charge in [-0.05, 0) is 12.0 Å². The van der Waals surface area contributed by atoms with Gasteiger partial charge in [-0.3, -0.25) is 0 Å².